The van der Waals surface area contributed by atoms with Crippen LogP contribution in [0.3, 0.4) is 0 Å². The zero-order chi connectivity index (χ0) is 21.1. The standard InChI is InChI=1S/C22H22N4O2S2/c23-21-19-14-16(8-11-20(19)25-22(29)26-21)24-13-12-15-6-9-18(10-7-15)30(27,28)17-4-2-1-3-5-17/h1-11,14,22,24-25,29H,12-13H2,(H2,23,26). The molecule has 1 atom stereocenters. The van der Waals surface area contributed by atoms with Crippen molar-refractivity contribution >= 4 is 39.7 Å². The van der Waals surface area contributed by atoms with Crippen molar-refractivity contribution in [2.45, 2.75) is 21.7 Å². The van der Waals surface area contributed by atoms with Crippen molar-refractivity contribution in [3.05, 3.63) is 83.9 Å². The summed E-state index contributed by atoms with van der Waals surface area (Å²) in [6.45, 7) is 0.698. The first-order valence-corrected chi connectivity index (χ1v) is 11.5. The molecule has 4 rings (SSSR count). The van der Waals surface area contributed by atoms with Gasteiger partial charge in [-0.3, -0.25) is 0 Å². The Morgan fingerprint density at radius 1 is 1.00 bits per heavy atom. The van der Waals surface area contributed by atoms with E-state index in [-0.39, 0.29) is 5.50 Å². The number of hydrogen-bond donors (Lipinski definition) is 4. The zero-order valence-electron chi connectivity index (χ0n) is 16.1. The van der Waals surface area contributed by atoms with Crippen molar-refractivity contribution < 1.29 is 8.42 Å². The number of rotatable bonds is 6. The van der Waals surface area contributed by atoms with E-state index in [0.29, 0.717) is 22.2 Å². The van der Waals surface area contributed by atoms with Crippen LogP contribution >= 0.6 is 12.6 Å². The van der Waals surface area contributed by atoms with Gasteiger partial charge >= 0.3 is 0 Å². The molecule has 1 aliphatic heterocycles. The Morgan fingerprint density at radius 2 is 1.70 bits per heavy atom. The van der Waals surface area contributed by atoms with Crippen LogP contribution in [0, 0.1) is 0 Å². The van der Waals surface area contributed by atoms with Crippen LogP contribution in [0.5, 0.6) is 0 Å². The van der Waals surface area contributed by atoms with Gasteiger partial charge in [0.2, 0.25) is 9.84 Å². The molecule has 1 unspecified atom stereocenters. The molecule has 0 radical (unpaired) electrons. The van der Waals surface area contributed by atoms with Gasteiger partial charge in [-0.05, 0) is 54.4 Å². The van der Waals surface area contributed by atoms with Gasteiger partial charge in [-0.15, -0.1) is 12.6 Å². The van der Waals surface area contributed by atoms with Crippen molar-refractivity contribution in [3.8, 4) is 0 Å². The van der Waals surface area contributed by atoms with Gasteiger partial charge in [0.1, 0.15) is 5.84 Å². The number of nitrogens with zero attached hydrogens (tertiary/aromatic N) is 1. The Bertz CT molecular complexity index is 1180. The summed E-state index contributed by atoms with van der Waals surface area (Å²) in [6.07, 6.45) is 0.753. The van der Waals surface area contributed by atoms with E-state index in [9.17, 15) is 8.42 Å². The van der Waals surface area contributed by atoms with Crippen molar-refractivity contribution in [1.29, 1.82) is 0 Å². The van der Waals surface area contributed by atoms with Gasteiger partial charge in [0.15, 0.2) is 5.50 Å². The van der Waals surface area contributed by atoms with Gasteiger partial charge in [-0.2, -0.15) is 0 Å². The molecule has 0 spiro atoms. The summed E-state index contributed by atoms with van der Waals surface area (Å²) in [7, 11) is -3.49. The molecule has 3 aromatic rings. The fraction of sp³-hybridized carbons (Fsp3) is 0.136. The fourth-order valence-corrected chi connectivity index (χ4v) is 4.83. The van der Waals surface area contributed by atoms with Gasteiger partial charge in [0.25, 0.3) is 0 Å². The number of hydrogen-bond acceptors (Lipinski definition) is 7. The van der Waals surface area contributed by atoms with E-state index in [0.717, 1.165) is 28.9 Å². The average Bonchev–Trinajstić information content (AvgIpc) is 2.75. The SMILES string of the molecule is NC1=NC(S)Nc2ccc(NCCc3ccc(S(=O)(=O)c4ccccc4)cc3)cc21. The van der Waals surface area contributed by atoms with Crippen LogP contribution < -0.4 is 16.4 Å². The third-order valence-electron chi connectivity index (χ3n) is 4.87. The summed E-state index contributed by atoms with van der Waals surface area (Å²) in [5, 5.41) is 6.52. The molecule has 0 amide bonds. The molecule has 1 aliphatic rings. The molecule has 4 N–H and O–H groups in total. The Morgan fingerprint density at radius 3 is 2.43 bits per heavy atom. The van der Waals surface area contributed by atoms with E-state index in [2.05, 4.69) is 28.3 Å². The minimum atomic E-state index is -3.49. The molecule has 6 nitrogen and oxygen atoms in total. The third kappa shape index (κ3) is 4.29. The largest absolute Gasteiger partial charge is 0.385 e. The topological polar surface area (TPSA) is 96.6 Å². The lowest BCUT2D eigenvalue weighted by atomic mass is 10.1. The van der Waals surface area contributed by atoms with Crippen LogP contribution in [-0.4, -0.2) is 26.3 Å². The monoisotopic (exact) mass is 438 g/mol. The Balaban J connectivity index is 1.39. The second-order valence-electron chi connectivity index (χ2n) is 6.93. The fourth-order valence-electron chi connectivity index (χ4n) is 3.29. The second kappa shape index (κ2) is 8.41. The van der Waals surface area contributed by atoms with Crippen LogP contribution in [0.4, 0.5) is 11.4 Å². The Labute approximate surface area is 181 Å². The maximum Gasteiger partial charge on any atom is 0.206 e. The number of nitrogens with two attached hydrogens (primary N) is 1. The number of sulfone groups is 1. The molecule has 0 aliphatic carbocycles. The molecule has 3 aromatic carbocycles. The summed E-state index contributed by atoms with van der Waals surface area (Å²) in [6, 6.07) is 21.4. The number of benzene rings is 3. The van der Waals surface area contributed by atoms with E-state index >= 15 is 0 Å². The maximum atomic E-state index is 12.7. The maximum absolute atomic E-state index is 12.7. The zero-order valence-corrected chi connectivity index (χ0v) is 17.8. The first kappa shape index (κ1) is 20.3. The molecule has 1 heterocycles. The predicted molar refractivity (Wildman–Crippen MR) is 124 cm³/mol. The quantitative estimate of drug-likeness (QED) is 0.442. The number of anilines is 2. The highest BCUT2D eigenvalue weighted by Crippen LogP contribution is 2.26. The van der Waals surface area contributed by atoms with E-state index in [4.69, 9.17) is 5.73 Å². The second-order valence-corrected chi connectivity index (χ2v) is 9.37. The minimum Gasteiger partial charge on any atom is -0.385 e. The normalized spacial score (nSPS) is 15.6. The number of nitrogens with one attached hydrogen (secondary N) is 2. The molecule has 0 fully saturated rings. The summed E-state index contributed by atoms with van der Waals surface area (Å²) < 4.78 is 25.3. The lowest BCUT2D eigenvalue weighted by molar-refractivity contribution is 0.596. The van der Waals surface area contributed by atoms with Crippen molar-refractivity contribution in [2.75, 3.05) is 17.2 Å². The van der Waals surface area contributed by atoms with Gasteiger partial charge in [-0.25, -0.2) is 13.4 Å². The van der Waals surface area contributed by atoms with E-state index < -0.39 is 9.84 Å². The molecule has 8 heteroatoms. The summed E-state index contributed by atoms with van der Waals surface area (Å²) in [5.74, 6) is 0.461. The van der Waals surface area contributed by atoms with Crippen LogP contribution in [0.2, 0.25) is 0 Å². The lowest BCUT2D eigenvalue weighted by Crippen LogP contribution is -2.26. The van der Waals surface area contributed by atoms with Crippen LogP contribution in [0.15, 0.2) is 87.6 Å². The Hall–Kier alpha value is -2.97. The first-order valence-electron chi connectivity index (χ1n) is 9.49. The number of thiol groups is 1. The summed E-state index contributed by atoms with van der Waals surface area (Å²) >= 11 is 4.28. The highest BCUT2D eigenvalue weighted by atomic mass is 32.2. The van der Waals surface area contributed by atoms with Gasteiger partial charge in [-0.1, -0.05) is 30.3 Å². The van der Waals surface area contributed by atoms with Crippen molar-refractivity contribution in [2.24, 2.45) is 10.7 Å². The smallest absolute Gasteiger partial charge is 0.206 e. The molecular weight excluding hydrogens is 416 g/mol. The van der Waals surface area contributed by atoms with Crippen molar-refractivity contribution in [3.63, 3.8) is 0 Å². The molecular formula is C22H22N4O2S2. The minimum absolute atomic E-state index is 0.296. The highest BCUT2D eigenvalue weighted by molar-refractivity contribution is 7.91. The van der Waals surface area contributed by atoms with E-state index in [1.165, 1.54) is 0 Å². The van der Waals surface area contributed by atoms with Crippen LogP contribution in [-0.2, 0) is 16.3 Å². The van der Waals surface area contributed by atoms with E-state index in [1.807, 2.05) is 30.3 Å². The molecule has 0 saturated carbocycles. The number of aliphatic imine (C=N–C) groups is 1. The Kier molecular flexibility index (Phi) is 5.69. The molecule has 0 saturated heterocycles. The van der Waals surface area contributed by atoms with Crippen molar-refractivity contribution in [1.82, 2.24) is 0 Å². The average molecular weight is 439 g/mol. The van der Waals surface area contributed by atoms with Gasteiger partial charge < -0.3 is 16.4 Å². The van der Waals surface area contributed by atoms with Crippen LogP contribution in [0.1, 0.15) is 11.1 Å². The van der Waals surface area contributed by atoms with E-state index in [1.54, 1.807) is 42.5 Å². The molecule has 0 bridgehead atoms. The summed E-state index contributed by atoms with van der Waals surface area (Å²) in [4.78, 5) is 4.81. The number of amidine groups is 1. The number of fused-ring (bicyclic) bond motifs is 1. The van der Waals surface area contributed by atoms with Gasteiger partial charge in [0.05, 0.1) is 9.79 Å². The first-order chi connectivity index (χ1) is 14.4. The van der Waals surface area contributed by atoms with Gasteiger partial charge in [0, 0.05) is 23.5 Å². The summed E-state index contributed by atoms with van der Waals surface area (Å²) in [5.41, 5.74) is 9.41. The highest BCUT2D eigenvalue weighted by Gasteiger charge is 2.17. The lowest BCUT2D eigenvalue weighted by Gasteiger charge is -2.21. The molecule has 0 aromatic heterocycles. The molecule has 154 valence electrons. The third-order valence-corrected chi connectivity index (χ3v) is 6.90. The predicted octanol–water partition coefficient (Wildman–Crippen LogP) is 3.52. The van der Waals surface area contributed by atoms with Crippen LogP contribution in [0.25, 0.3) is 0 Å². The molecule has 30 heavy (non-hydrogen) atoms.